The second-order valence-electron chi connectivity index (χ2n) is 4.32. The van der Waals surface area contributed by atoms with Crippen LogP contribution >= 0.6 is 0 Å². The smallest absolute Gasteiger partial charge is 0.305 e. The molecule has 0 spiro atoms. The van der Waals surface area contributed by atoms with Crippen molar-refractivity contribution in [2.45, 2.75) is 64.1 Å². The molecule has 2 atom stereocenters. The van der Waals surface area contributed by atoms with E-state index in [0.717, 1.165) is 25.7 Å². The van der Waals surface area contributed by atoms with Crippen LogP contribution in [0.15, 0.2) is 0 Å². The van der Waals surface area contributed by atoms with E-state index in [4.69, 9.17) is 4.74 Å². The van der Waals surface area contributed by atoms with Gasteiger partial charge in [-0.2, -0.15) is 0 Å². The third-order valence-corrected chi connectivity index (χ3v) is 2.95. The van der Waals surface area contributed by atoms with Gasteiger partial charge in [0.25, 0.3) is 0 Å². The molecule has 0 aromatic carbocycles. The van der Waals surface area contributed by atoms with E-state index in [9.17, 15) is 4.79 Å². The summed E-state index contributed by atoms with van der Waals surface area (Å²) in [6.45, 7) is 2.14. The molecule has 88 valence electrons. The molecule has 0 N–H and O–H groups in total. The average molecular weight is 214 g/mol. The van der Waals surface area contributed by atoms with Gasteiger partial charge in [0, 0.05) is 6.42 Å². The first-order valence-electron chi connectivity index (χ1n) is 5.94. The Balaban J connectivity index is 1.91. The molecule has 15 heavy (non-hydrogen) atoms. The van der Waals surface area contributed by atoms with Crippen LogP contribution in [0.2, 0.25) is 0 Å². The predicted molar refractivity (Wildman–Crippen MR) is 58.7 cm³/mol. The Kier molecular flexibility index (Phi) is 5.69. The van der Waals surface area contributed by atoms with E-state index in [2.05, 4.69) is 11.7 Å². The fraction of sp³-hybridized carbons (Fsp3) is 0.917. The van der Waals surface area contributed by atoms with E-state index >= 15 is 0 Å². The zero-order valence-corrected chi connectivity index (χ0v) is 9.83. The SMILES string of the molecule is COC(=O)CCCCCC1CCC(C)O1. The zero-order chi connectivity index (χ0) is 11.1. The fourth-order valence-electron chi connectivity index (χ4n) is 2.02. The van der Waals surface area contributed by atoms with Crippen molar-refractivity contribution in [2.24, 2.45) is 0 Å². The van der Waals surface area contributed by atoms with E-state index in [1.165, 1.54) is 20.0 Å². The molecule has 3 heteroatoms. The molecule has 0 radical (unpaired) electrons. The number of hydrogen-bond donors (Lipinski definition) is 0. The van der Waals surface area contributed by atoms with E-state index < -0.39 is 0 Å². The van der Waals surface area contributed by atoms with Crippen molar-refractivity contribution >= 4 is 5.97 Å². The second-order valence-corrected chi connectivity index (χ2v) is 4.32. The Morgan fingerprint density at radius 3 is 2.73 bits per heavy atom. The Morgan fingerprint density at radius 1 is 1.33 bits per heavy atom. The second kappa shape index (κ2) is 6.83. The first-order valence-corrected chi connectivity index (χ1v) is 5.94. The Morgan fingerprint density at radius 2 is 2.13 bits per heavy atom. The standard InChI is InChI=1S/C12H22O3/c1-10-8-9-11(15-10)6-4-3-5-7-12(13)14-2/h10-11H,3-9H2,1-2H3. The molecule has 0 amide bonds. The van der Waals surface area contributed by atoms with Crippen molar-refractivity contribution < 1.29 is 14.3 Å². The van der Waals surface area contributed by atoms with Crippen molar-refractivity contribution in [3.05, 3.63) is 0 Å². The summed E-state index contributed by atoms with van der Waals surface area (Å²) in [6.07, 6.45) is 8.23. The lowest BCUT2D eigenvalue weighted by Gasteiger charge is -2.10. The number of esters is 1. The molecule has 0 bridgehead atoms. The molecule has 1 fully saturated rings. The van der Waals surface area contributed by atoms with Crippen molar-refractivity contribution in [3.63, 3.8) is 0 Å². The van der Waals surface area contributed by atoms with Crippen LogP contribution in [0.1, 0.15) is 51.9 Å². The van der Waals surface area contributed by atoms with Gasteiger partial charge in [0.2, 0.25) is 0 Å². The van der Waals surface area contributed by atoms with Crippen molar-refractivity contribution in [1.29, 1.82) is 0 Å². The Hall–Kier alpha value is -0.570. The third kappa shape index (κ3) is 5.17. The number of rotatable bonds is 6. The predicted octanol–water partition coefficient (Wildman–Crippen LogP) is 2.68. The molecule has 1 aliphatic rings. The first-order chi connectivity index (χ1) is 7.22. The zero-order valence-electron chi connectivity index (χ0n) is 9.83. The van der Waals surface area contributed by atoms with Gasteiger partial charge >= 0.3 is 5.97 Å². The first kappa shape index (κ1) is 12.5. The number of carbonyl (C=O) groups excluding carboxylic acids is 1. The van der Waals surface area contributed by atoms with Crippen LogP contribution < -0.4 is 0 Å². The Labute approximate surface area is 92.1 Å². The Bertz CT molecular complexity index is 191. The summed E-state index contributed by atoms with van der Waals surface area (Å²) in [4.78, 5) is 10.8. The average Bonchev–Trinajstić information content (AvgIpc) is 2.63. The van der Waals surface area contributed by atoms with Crippen molar-refractivity contribution in [2.75, 3.05) is 7.11 Å². The summed E-state index contributed by atoms with van der Waals surface area (Å²) < 4.78 is 10.3. The van der Waals surface area contributed by atoms with Crippen LogP contribution in [-0.4, -0.2) is 25.3 Å². The minimum Gasteiger partial charge on any atom is -0.469 e. The summed E-state index contributed by atoms with van der Waals surface area (Å²) >= 11 is 0. The molecular weight excluding hydrogens is 192 g/mol. The molecule has 1 saturated heterocycles. The normalized spacial score (nSPS) is 25.5. The molecule has 0 saturated carbocycles. The topological polar surface area (TPSA) is 35.5 Å². The number of methoxy groups -OCH3 is 1. The molecular formula is C12H22O3. The van der Waals surface area contributed by atoms with E-state index in [0.29, 0.717) is 18.6 Å². The monoisotopic (exact) mass is 214 g/mol. The number of hydrogen-bond acceptors (Lipinski definition) is 3. The molecule has 0 aliphatic carbocycles. The van der Waals surface area contributed by atoms with Gasteiger partial charge in [-0.25, -0.2) is 0 Å². The quantitative estimate of drug-likeness (QED) is 0.503. The highest BCUT2D eigenvalue weighted by molar-refractivity contribution is 5.68. The summed E-state index contributed by atoms with van der Waals surface area (Å²) in [5, 5.41) is 0. The summed E-state index contributed by atoms with van der Waals surface area (Å²) in [7, 11) is 1.44. The molecule has 1 heterocycles. The van der Waals surface area contributed by atoms with Gasteiger partial charge in [0.05, 0.1) is 19.3 Å². The molecule has 3 nitrogen and oxygen atoms in total. The van der Waals surface area contributed by atoms with Gasteiger partial charge in [-0.05, 0) is 32.6 Å². The summed E-state index contributed by atoms with van der Waals surface area (Å²) in [5.74, 6) is -0.0965. The van der Waals surface area contributed by atoms with Crippen molar-refractivity contribution in [3.8, 4) is 0 Å². The van der Waals surface area contributed by atoms with Crippen LogP contribution in [0.3, 0.4) is 0 Å². The van der Waals surface area contributed by atoms with Crippen LogP contribution in [0.25, 0.3) is 0 Å². The highest BCUT2D eigenvalue weighted by Crippen LogP contribution is 2.23. The van der Waals surface area contributed by atoms with Gasteiger partial charge < -0.3 is 9.47 Å². The van der Waals surface area contributed by atoms with Crippen LogP contribution in [0.4, 0.5) is 0 Å². The van der Waals surface area contributed by atoms with E-state index in [1.54, 1.807) is 0 Å². The van der Waals surface area contributed by atoms with Crippen LogP contribution in [0, 0.1) is 0 Å². The highest BCUT2D eigenvalue weighted by atomic mass is 16.5. The lowest BCUT2D eigenvalue weighted by molar-refractivity contribution is -0.140. The van der Waals surface area contributed by atoms with E-state index in [1.807, 2.05) is 0 Å². The van der Waals surface area contributed by atoms with Gasteiger partial charge in [0.15, 0.2) is 0 Å². The number of carbonyl (C=O) groups is 1. The van der Waals surface area contributed by atoms with Gasteiger partial charge in [-0.3, -0.25) is 4.79 Å². The van der Waals surface area contributed by atoms with Crippen LogP contribution in [0.5, 0.6) is 0 Å². The van der Waals surface area contributed by atoms with E-state index in [-0.39, 0.29) is 5.97 Å². The highest BCUT2D eigenvalue weighted by Gasteiger charge is 2.20. The van der Waals surface area contributed by atoms with Gasteiger partial charge in [0.1, 0.15) is 0 Å². The molecule has 1 rings (SSSR count). The number of unbranched alkanes of at least 4 members (excludes halogenated alkanes) is 2. The third-order valence-electron chi connectivity index (χ3n) is 2.95. The molecule has 2 unspecified atom stereocenters. The minimum atomic E-state index is -0.0965. The lowest BCUT2D eigenvalue weighted by Crippen LogP contribution is -2.07. The molecule has 0 aromatic rings. The fourth-order valence-corrected chi connectivity index (χ4v) is 2.02. The maximum atomic E-state index is 10.8. The summed E-state index contributed by atoms with van der Waals surface area (Å²) in [6, 6.07) is 0. The van der Waals surface area contributed by atoms with Crippen molar-refractivity contribution in [1.82, 2.24) is 0 Å². The number of ether oxygens (including phenoxy) is 2. The summed E-state index contributed by atoms with van der Waals surface area (Å²) in [5.41, 5.74) is 0. The molecule has 0 aromatic heterocycles. The lowest BCUT2D eigenvalue weighted by atomic mass is 10.1. The van der Waals surface area contributed by atoms with Gasteiger partial charge in [-0.1, -0.05) is 12.8 Å². The minimum absolute atomic E-state index is 0.0965. The maximum Gasteiger partial charge on any atom is 0.305 e. The van der Waals surface area contributed by atoms with Crippen LogP contribution in [-0.2, 0) is 14.3 Å². The maximum absolute atomic E-state index is 10.8. The molecule has 1 aliphatic heterocycles. The van der Waals surface area contributed by atoms with Gasteiger partial charge in [-0.15, -0.1) is 0 Å². The largest absolute Gasteiger partial charge is 0.469 e.